The molecule has 8 heteroatoms. The number of benzene rings is 1. The van der Waals surface area contributed by atoms with Crippen molar-refractivity contribution < 1.29 is 28.0 Å². The van der Waals surface area contributed by atoms with Crippen LogP contribution in [0.2, 0.25) is 0 Å². The van der Waals surface area contributed by atoms with Gasteiger partial charge in [0.2, 0.25) is 0 Å². The fraction of sp³-hybridized carbons (Fsp3) is 0.0769. The van der Waals surface area contributed by atoms with Crippen molar-refractivity contribution in [3.63, 3.8) is 0 Å². The number of hydrogen-bond donors (Lipinski definition) is 3. The van der Waals surface area contributed by atoms with Gasteiger partial charge >= 0.3 is 5.97 Å². The minimum absolute atomic E-state index is 0.565. The first-order valence-electron chi connectivity index (χ1n) is 5.63. The molecule has 0 saturated carbocycles. The van der Waals surface area contributed by atoms with E-state index in [4.69, 9.17) is 14.8 Å². The summed E-state index contributed by atoms with van der Waals surface area (Å²) in [5.74, 6) is -2.04. The van der Waals surface area contributed by atoms with E-state index in [1.54, 1.807) is 6.20 Å². The molecular formula is C13H13NO6S. The van der Waals surface area contributed by atoms with Crippen molar-refractivity contribution in [2.24, 2.45) is 0 Å². The predicted molar refractivity (Wildman–Crippen MR) is 73.9 cm³/mol. The summed E-state index contributed by atoms with van der Waals surface area (Å²) in [7, 11) is -4.45. The summed E-state index contributed by atoms with van der Waals surface area (Å²) >= 11 is 0. The first-order chi connectivity index (χ1) is 9.71. The summed E-state index contributed by atoms with van der Waals surface area (Å²) in [6.45, 7) is 1.97. The van der Waals surface area contributed by atoms with Crippen molar-refractivity contribution in [2.45, 2.75) is 11.8 Å². The van der Waals surface area contributed by atoms with Gasteiger partial charge in [-0.1, -0.05) is 6.07 Å². The lowest BCUT2D eigenvalue weighted by Gasteiger charge is -2.01. The largest absolute Gasteiger partial charge is 0.507 e. The van der Waals surface area contributed by atoms with Crippen LogP contribution >= 0.6 is 0 Å². The first-order valence-corrected chi connectivity index (χ1v) is 7.07. The number of hydrogen-bond acceptors (Lipinski definition) is 5. The Labute approximate surface area is 121 Å². The number of aromatic hydroxyl groups is 1. The molecule has 2 aromatic rings. The van der Waals surface area contributed by atoms with Gasteiger partial charge in [-0.05, 0) is 37.3 Å². The Morgan fingerprint density at radius 2 is 1.86 bits per heavy atom. The van der Waals surface area contributed by atoms with Gasteiger partial charge in [0.25, 0.3) is 10.1 Å². The molecule has 3 N–H and O–H groups in total. The highest BCUT2D eigenvalue weighted by Gasteiger charge is 2.16. The second-order valence-corrected chi connectivity index (χ2v) is 5.35. The van der Waals surface area contributed by atoms with Crippen LogP contribution in [0.3, 0.4) is 0 Å². The van der Waals surface area contributed by atoms with Gasteiger partial charge in [-0.2, -0.15) is 8.42 Å². The fourth-order valence-corrected chi connectivity index (χ4v) is 1.80. The van der Waals surface area contributed by atoms with Gasteiger partial charge in [0.15, 0.2) is 0 Å². The Morgan fingerprint density at radius 1 is 1.19 bits per heavy atom. The zero-order chi connectivity index (χ0) is 16.0. The lowest BCUT2D eigenvalue weighted by Crippen LogP contribution is -2.02. The molecular weight excluding hydrogens is 298 g/mol. The fourth-order valence-electron chi connectivity index (χ4n) is 1.30. The maximum Gasteiger partial charge on any atom is 0.339 e. The topological polar surface area (TPSA) is 125 Å². The van der Waals surface area contributed by atoms with Crippen LogP contribution in [0.15, 0.2) is 47.5 Å². The average Bonchev–Trinajstić information content (AvgIpc) is 2.39. The molecule has 0 aliphatic carbocycles. The third-order valence-electron chi connectivity index (χ3n) is 2.31. The molecule has 0 amide bonds. The molecule has 0 bridgehead atoms. The molecule has 0 unspecified atom stereocenters. The Hall–Kier alpha value is -2.45. The molecule has 0 aliphatic rings. The normalized spacial score (nSPS) is 10.4. The van der Waals surface area contributed by atoms with Gasteiger partial charge in [0, 0.05) is 11.9 Å². The van der Waals surface area contributed by atoms with Crippen LogP contribution in [0.1, 0.15) is 16.1 Å². The van der Waals surface area contributed by atoms with Crippen molar-refractivity contribution in [1.82, 2.24) is 4.98 Å². The molecule has 112 valence electrons. The Bertz CT molecular complexity index is 728. The number of aromatic nitrogens is 1. The molecule has 0 saturated heterocycles. The summed E-state index contributed by atoms with van der Waals surface area (Å²) in [5, 5.41) is 17.5. The molecule has 21 heavy (non-hydrogen) atoms. The van der Waals surface area contributed by atoms with Crippen LogP contribution < -0.4 is 0 Å². The highest BCUT2D eigenvalue weighted by molar-refractivity contribution is 7.85. The van der Waals surface area contributed by atoms with Crippen molar-refractivity contribution in [3.8, 4) is 5.75 Å². The molecule has 1 aromatic carbocycles. The van der Waals surface area contributed by atoms with Gasteiger partial charge in [0.05, 0.1) is 4.90 Å². The van der Waals surface area contributed by atoms with E-state index in [1.165, 1.54) is 0 Å². The first kappa shape index (κ1) is 16.6. The molecule has 0 radical (unpaired) electrons. The minimum Gasteiger partial charge on any atom is -0.507 e. The van der Waals surface area contributed by atoms with Gasteiger partial charge in [-0.25, -0.2) is 4.79 Å². The third-order valence-corrected chi connectivity index (χ3v) is 3.16. The zero-order valence-electron chi connectivity index (χ0n) is 11.0. The van der Waals surface area contributed by atoms with Gasteiger partial charge in [-0.15, -0.1) is 0 Å². The summed E-state index contributed by atoms with van der Waals surface area (Å²) in [4.78, 5) is 13.9. The molecule has 0 atom stereocenters. The standard InChI is InChI=1S/C7H6O6S.C6H7N/c8-6-2-1-4(14(11,12)13)3-5(6)7(9)10;1-6-4-2-3-5-7-6/h1-3,8H,(H,9,10)(H,11,12,13);2-5H,1H3. The number of phenols is 1. The van der Waals surface area contributed by atoms with Crippen LogP contribution in [0.25, 0.3) is 0 Å². The van der Waals surface area contributed by atoms with E-state index in [0.29, 0.717) is 6.07 Å². The monoisotopic (exact) mass is 311 g/mol. The number of aryl methyl sites for hydroxylation is 1. The number of aromatic carboxylic acids is 1. The van der Waals surface area contributed by atoms with E-state index in [1.807, 2.05) is 25.1 Å². The van der Waals surface area contributed by atoms with Crippen molar-refractivity contribution in [2.75, 3.05) is 0 Å². The maximum atomic E-state index is 10.6. The van der Waals surface area contributed by atoms with Crippen molar-refractivity contribution in [3.05, 3.63) is 53.9 Å². The predicted octanol–water partition coefficient (Wildman–Crippen LogP) is 1.73. The van der Waals surface area contributed by atoms with Crippen LogP contribution in [-0.2, 0) is 10.1 Å². The highest BCUT2D eigenvalue weighted by Crippen LogP contribution is 2.20. The second kappa shape index (κ2) is 6.82. The highest BCUT2D eigenvalue weighted by atomic mass is 32.2. The smallest absolute Gasteiger partial charge is 0.339 e. The van der Waals surface area contributed by atoms with E-state index in [0.717, 1.165) is 17.8 Å². The minimum atomic E-state index is -4.45. The van der Waals surface area contributed by atoms with Crippen molar-refractivity contribution in [1.29, 1.82) is 0 Å². The molecule has 1 aromatic heterocycles. The molecule has 0 spiro atoms. The second-order valence-electron chi connectivity index (χ2n) is 3.93. The van der Waals surface area contributed by atoms with E-state index < -0.39 is 32.3 Å². The van der Waals surface area contributed by atoms with E-state index >= 15 is 0 Å². The van der Waals surface area contributed by atoms with Crippen molar-refractivity contribution >= 4 is 16.1 Å². The molecule has 2 rings (SSSR count). The van der Waals surface area contributed by atoms with Crippen LogP contribution in [-0.4, -0.2) is 34.1 Å². The third kappa shape index (κ3) is 5.21. The lowest BCUT2D eigenvalue weighted by molar-refractivity contribution is 0.0693. The molecule has 0 aliphatic heterocycles. The summed E-state index contributed by atoms with van der Waals surface area (Å²) in [5.41, 5.74) is 0.489. The van der Waals surface area contributed by atoms with Crippen LogP contribution in [0.4, 0.5) is 0 Å². The maximum absolute atomic E-state index is 10.6. The van der Waals surface area contributed by atoms with Gasteiger partial charge in [0.1, 0.15) is 11.3 Å². The average molecular weight is 311 g/mol. The quantitative estimate of drug-likeness (QED) is 0.721. The number of pyridine rings is 1. The zero-order valence-corrected chi connectivity index (χ0v) is 11.8. The SMILES string of the molecule is Cc1ccccn1.O=C(O)c1cc(S(=O)(=O)O)ccc1O. The Morgan fingerprint density at radius 3 is 2.24 bits per heavy atom. The van der Waals surface area contributed by atoms with Gasteiger partial charge in [-0.3, -0.25) is 9.54 Å². The van der Waals surface area contributed by atoms with E-state index in [9.17, 15) is 13.2 Å². The molecule has 0 fully saturated rings. The Kier molecular flexibility index (Phi) is 5.39. The number of carboxylic acid groups (broad SMARTS) is 1. The summed E-state index contributed by atoms with van der Waals surface area (Å²) in [6, 6.07) is 8.31. The number of rotatable bonds is 2. The van der Waals surface area contributed by atoms with Gasteiger partial charge < -0.3 is 10.2 Å². The van der Waals surface area contributed by atoms with Crippen LogP contribution in [0.5, 0.6) is 5.75 Å². The summed E-state index contributed by atoms with van der Waals surface area (Å²) in [6.07, 6.45) is 1.79. The number of carboxylic acids is 1. The molecule has 1 heterocycles. The Balaban J connectivity index is 0.000000262. The number of nitrogens with zero attached hydrogens (tertiary/aromatic N) is 1. The lowest BCUT2D eigenvalue weighted by atomic mass is 10.2. The van der Waals surface area contributed by atoms with Crippen LogP contribution in [0, 0.1) is 6.92 Å². The molecule has 7 nitrogen and oxygen atoms in total. The summed E-state index contributed by atoms with van der Waals surface area (Å²) < 4.78 is 29.8. The van der Waals surface area contributed by atoms with E-state index in [2.05, 4.69) is 4.98 Å². The number of carbonyl (C=O) groups is 1. The van der Waals surface area contributed by atoms with E-state index in [-0.39, 0.29) is 0 Å².